The summed E-state index contributed by atoms with van der Waals surface area (Å²) >= 11 is 4.20. The summed E-state index contributed by atoms with van der Waals surface area (Å²) < 4.78 is 0. The normalized spacial score (nSPS) is 17.8. The molecule has 37 heavy (non-hydrogen) atoms. The van der Waals surface area contributed by atoms with Crippen LogP contribution < -0.4 is 22.1 Å². The lowest BCUT2D eigenvalue weighted by Gasteiger charge is -2.28. The van der Waals surface area contributed by atoms with Crippen LogP contribution in [-0.2, 0) is 25.6 Å². The fraction of sp³-hybridized carbons (Fsp3) is 0.520. The van der Waals surface area contributed by atoms with Gasteiger partial charge in [0.1, 0.15) is 18.1 Å². The summed E-state index contributed by atoms with van der Waals surface area (Å²) in [5, 5.41) is 15.8. The van der Waals surface area contributed by atoms with Crippen LogP contribution in [0.25, 0.3) is 10.9 Å². The maximum atomic E-state index is 13.2. The van der Waals surface area contributed by atoms with E-state index in [1.807, 2.05) is 30.5 Å². The number of carboxylic acid groups (broad SMARTS) is 1. The van der Waals surface area contributed by atoms with Crippen molar-refractivity contribution in [2.24, 2.45) is 11.5 Å². The Morgan fingerprint density at radius 2 is 1.86 bits per heavy atom. The molecular formula is C25H36N6O5S. The number of nitrogens with zero attached hydrogens (tertiary/aromatic N) is 1. The molecule has 1 aromatic heterocycles. The zero-order chi connectivity index (χ0) is 26.9. The third kappa shape index (κ3) is 7.24. The molecule has 0 saturated carbocycles. The standard InChI is InChI=1S/C25H36N6O5S/c26-10-4-3-8-19(23(33)30-20(14-37)24(34)31-11-5-9-21(31)25(35)36)29-22(32)17(27)12-15-13-28-18-7-2-1-6-16(15)18/h1-2,6-7,13,17,19-21,28,37H,3-5,8-12,14,26-27H2,(H,29,32)(H,30,33)(H,35,36). The van der Waals surface area contributed by atoms with Crippen molar-refractivity contribution in [1.29, 1.82) is 0 Å². The molecule has 12 heteroatoms. The number of unbranched alkanes of at least 4 members (excludes halogenated alkanes) is 1. The van der Waals surface area contributed by atoms with Crippen molar-refractivity contribution in [3.63, 3.8) is 0 Å². The zero-order valence-corrected chi connectivity index (χ0v) is 21.6. The van der Waals surface area contributed by atoms with E-state index in [0.717, 1.165) is 16.5 Å². The zero-order valence-electron chi connectivity index (χ0n) is 20.7. The Labute approximate surface area is 221 Å². The number of nitrogens with two attached hydrogens (primary N) is 2. The Morgan fingerprint density at radius 1 is 1.14 bits per heavy atom. The number of amides is 3. The number of rotatable bonds is 13. The van der Waals surface area contributed by atoms with E-state index in [1.54, 1.807) is 0 Å². The van der Waals surface area contributed by atoms with Crippen molar-refractivity contribution in [3.05, 3.63) is 36.0 Å². The van der Waals surface area contributed by atoms with E-state index in [4.69, 9.17) is 11.5 Å². The number of aliphatic carboxylic acids is 1. The average Bonchev–Trinajstić information content (AvgIpc) is 3.54. The van der Waals surface area contributed by atoms with Gasteiger partial charge in [0.15, 0.2) is 0 Å². The predicted octanol–water partition coefficient (Wildman–Crippen LogP) is 0.142. The van der Waals surface area contributed by atoms with Crippen LogP contribution in [0.5, 0.6) is 0 Å². The van der Waals surface area contributed by atoms with Crippen LogP contribution in [0.4, 0.5) is 0 Å². The molecule has 3 amide bonds. The van der Waals surface area contributed by atoms with Crippen molar-refractivity contribution in [3.8, 4) is 0 Å². The van der Waals surface area contributed by atoms with Crippen LogP contribution in [0.3, 0.4) is 0 Å². The molecule has 3 rings (SSSR count). The number of nitrogens with one attached hydrogen (secondary N) is 3. The summed E-state index contributed by atoms with van der Waals surface area (Å²) in [6, 6.07) is 3.92. The molecule has 1 aliphatic heterocycles. The second-order valence-corrected chi connectivity index (χ2v) is 9.65. The second-order valence-electron chi connectivity index (χ2n) is 9.29. The van der Waals surface area contributed by atoms with Gasteiger partial charge in [-0.1, -0.05) is 18.2 Å². The molecule has 4 atom stereocenters. The van der Waals surface area contributed by atoms with Gasteiger partial charge in [0.25, 0.3) is 0 Å². The molecule has 1 saturated heterocycles. The lowest BCUT2D eigenvalue weighted by atomic mass is 10.0. The molecule has 0 aliphatic carbocycles. The van der Waals surface area contributed by atoms with Crippen LogP contribution in [0.15, 0.2) is 30.5 Å². The van der Waals surface area contributed by atoms with Gasteiger partial charge >= 0.3 is 5.97 Å². The number of H-pyrrole nitrogens is 1. The molecule has 11 nitrogen and oxygen atoms in total. The van der Waals surface area contributed by atoms with Gasteiger partial charge in [0, 0.05) is 29.4 Å². The van der Waals surface area contributed by atoms with Gasteiger partial charge in [-0.05, 0) is 56.7 Å². The summed E-state index contributed by atoms with van der Waals surface area (Å²) in [6.07, 6.45) is 4.57. The quantitative estimate of drug-likeness (QED) is 0.141. The van der Waals surface area contributed by atoms with E-state index in [2.05, 4.69) is 28.2 Å². The Balaban J connectivity index is 1.66. The first-order valence-corrected chi connectivity index (χ1v) is 13.2. The van der Waals surface area contributed by atoms with E-state index < -0.39 is 47.9 Å². The van der Waals surface area contributed by atoms with E-state index in [9.17, 15) is 24.3 Å². The second kappa shape index (κ2) is 13.5. The third-order valence-corrected chi connectivity index (χ3v) is 7.01. The Kier molecular flexibility index (Phi) is 10.4. The van der Waals surface area contributed by atoms with E-state index in [-0.39, 0.29) is 12.2 Å². The smallest absolute Gasteiger partial charge is 0.326 e. The number of thiol groups is 1. The van der Waals surface area contributed by atoms with Gasteiger partial charge in [-0.2, -0.15) is 12.6 Å². The number of carbonyl (C=O) groups excluding carboxylic acids is 3. The highest BCUT2D eigenvalue weighted by Gasteiger charge is 2.38. The van der Waals surface area contributed by atoms with Crippen molar-refractivity contribution >= 4 is 47.2 Å². The Hall–Kier alpha value is -3.09. The molecule has 0 radical (unpaired) electrons. The molecule has 2 heterocycles. The van der Waals surface area contributed by atoms with Crippen molar-refractivity contribution < 1.29 is 24.3 Å². The minimum absolute atomic E-state index is 0.0169. The number of aromatic amines is 1. The van der Waals surface area contributed by atoms with E-state index >= 15 is 0 Å². The number of likely N-dealkylation sites (tertiary alicyclic amines) is 1. The fourth-order valence-electron chi connectivity index (χ4n) is 4.62. The molecular weight excluding hydrogens is 496 g/mol. The van der Waals surface area contributed by atoms with Crippen molar-refractivity contribution in [1.82, 2.24) is 20.5 Å². The first-order valence-electron chi connectivity index (χ1n) is 12.5. The molecule has 1 aliphatic rings. The maximum absolute atomic E-state index is 13.2. The molecule has 202 valence electrons. The summed E-state index contributed by atoms with van der Waals surface area (Å²) in [4.78, 5) is 55.1. The highest BCUT2D eigenvalue weighted by atomic mass is 32.1. The highest BCUT2D eigenvalue weighted by Crippen LogP contribution is 2.20. The number of carbonyl (C=O) groups is 4. The average molecular weight is 533 g/mol. The summed E-state index contributed by atoms with van der Waals surface area (Å²) in [7, 11) is 0. The minimum Gasteiger partial charge on any atom is -0.480 e. The van der Waals surface area contributed by atoms with E-state index in [1.165, 1.54) is 4.90 Å². The van der Waals surface area contributed by atoms with Crippen molar-refractivity contribution in [2.75, 3.05) is 18.8 Å². The lowest BCUT2D eigenvalue weighted by Crippen LogP contribution is -2.57. The SMILES string of the molecule is NCCCCC(NC(=O)C(N)Cc1c[nH]c2ccccc12)C(=O)NC(CS)C(=O)N1CCCC1C(=O)O. The molecule has 0 spiro atoms. The topological polar surface area (TPSA) is 184 Å². The highest BCUT2D eigenvalue weighted by molar-refractivity contribution is 7.80. The summed E-state index contributed by atoms with van der Waals surface area (Å²) in [5.74, 6) is -2.64. The number of hydrogen-bond donors (Lipinski definition) is 7. The molecule has 1 fully saturated rings. The molecule has 0 bridgehead atoms. The van der Waals surface area contributed by atoms with Crippen LogP contribution in [0, 0.1) is 0 Å². The Bertz CT molecular complexity index is 1110. The number of para-hydroxylation sites is 1. The summed E-state index contributed by atoms with van der Waals surface area (Å²) in [6.45, 7) is 0.737. The predicted molar refractivity (Wildman–Crippen MR) is 143 cm³/mol. The van der Waals surface area contributed by atoms with Gasteiger partial charge < -0.3 is 37.1 Å². The van der Waals surface area contributed by atoms with Gasteiger partial charge in [0.2, 0.25) is 17.7 Å². The van der Waals surface area contributed by atoms with Crippen LogP contribution in [0.2, 0.25) is 0 Å². The minimum atomic E-state index is -1.08. The number of carboxylic acids is 1. The maximum Gasteiger partial charge on any atom is 0.326 e. The van der Waals surface area contributed by atoms with Crippen molar-refractivity contribution in [2.45, 2.75) is 62.7 Å². The number of aromatic nitrogens is 1. The third-order valence-electron chi connectivity index (χ3n) is 6.65. The first-order chi connectivity index (χ1) is 17.8. The molecule has 1 aromatic carbocycles. The van der Waals surface area contributed by atoms with Gasteiger partial charge in [-0.3, -0.25) is 14.4 Å². The lowest BCUT2D eigenvalue weighted by molar-refractivity contribution is -0.149. The number of benzene rings is 1. The van der Waals surface area contributed by atoms with Crippen LogP contribution in [0.1, 0.15) is 37.7 Å². The monoisotopic (exact) mass is 532 g/mol. The van der Waals surface area contributed by atoms with Gasteiger partial charge in [-0.25, -0.2) is 4.79 Å². The first kappa shape index (κ1) is 28.5. The molecule has 2 aromatic rings. The van der Waals surface area contributed by atoms with Gasteiger partial charge in [-0.15, -0.1) is 0 Å². The van der Waals surface area contributed by atoms with E-state index in [0.29, 0.717) is 45.2 Å². The number of fused-ring (bicyclic) bond motifs is 1. The molecule has 4 unspecified atom stereocenters. The van der Waals surface area contributed by atoms with Crippen LogP contribution in [-0.4, -0.2) is 81.7 Å². The Morgan fingerprint density at radius 3 is 2.57 bits per heavy atom. The largest absolute Gasteiger partial charge is 0.480 e. The fourth-order valence-corrected chi connectivity index (χ4v) is 4.86. The molecule has 8 N–H and O–H groups in total. The van der Waals surface area contributed by atoms with Gasteiger partial charge in [0.05, 0.1) is 6.04 Å². The summed E-state index contributed by atoms with van der Waals surface area (Å²) in [5.41, 5.74) is 13.6. The number of hydrogen-bond acceptors (Lipinski definition) is 7. The van der Waals surface area contributed by atoms with Crippen LogP contribution >= 0.6 is 12.6 Å².